The second kappa shape index (κ2) is 28.3. The summed E-state index contributed by atoms with van der Waals surface area (Å²) in [6.45, 7) is 6.87. The number of cyclic esters (lactones) is 1. The van der Waals surface area contributed by atoms with Crippen molar-refractivity contribution in [3.63, 3.8) is 0 Å². The molecule has 1 aliphatic carbocycles. The Hall–Kier alpha value is -3.94. The Balaban J connectivity index is 1.73. The van der Waals surface area contributed by atoms with Crippen LogP contribution in [0.3, 0.4) is 0 Å². The van der Waals surface area contributed by atoms with Crippen molar-refractivity contribution in [1.29, 1.82) is 0 Å². The van der Waals surface area contributed by atoms with E-state index in [0.717, 1.165) is 10.5 Å². The van der Waals surface area contributed by atoms with Crippen molar-refractivity contribution in [2.75, 3.05) is 41.1 Å². The fraction of sp³-hybridized carbons (Fsp3) is 0.750. The number of ether oxygens (including phenoxy) is 6. The molecule has 2 saturated heterocycles. The maximum absolute atomic E-state index is 14.8. The highest BCUT2D eigenvalue weighted by Crippen LogP contribution is 2.37. The van der Waals surface area contributed by atoms with E-state index in [1.807, 2.05) is 51.2 Å². The van der Waals surface area contributed by atoms with E-state index in [1.165, 1.54) is 21.3 Å². The van der Waals surface area contributed by atoms with Crippen molar-refractivity contribution in [3.8, 4) is 0 Å². The van der Waals surface area contributed by atoms with Crippen LogP contribution in [0.1, 0.15) is 136 Å². The number of hydrogen-bond donors (Lipinski definition) is 4. The predicted octanol–water partition coefficient (Wildman–Crippen LogP) is 5.72. The van der Waals surface area contributed by atoms with Gasteiger partial charge in [0.05, 0.1) is 31.5 Å². The normalized spacial score (nSPS) is 38.2. The number of nitrogens with zero attached hydrogens (tertiary/aromatic N) is 1. The molecule has 17 heteroatoms. The molecule has 4 aliphatic rings. The van der Waals surface area contributed by atoms with Crippen molar-refractivity contribution < 1.29 is 81.7 Å². The summed E-state index contributed by atoms with van der Waals surface area (Å²) >= 11 is 0. The number of ketones is 3. The molecule has 73 heavy (non-hydrogen) atoms. The summed E-state index contributed by atoms with van der Waals surface area (Å²) in [6, 6.07) is -1.26. The van der Waals surface area contributed by atoms with Crippen molar-refractivity contribution in [1.82, 2.24) is 4.90 Å². The van der Waals surface area contributed by atoms with Gasteiger partial charge in [-0.15, -0.1) is 0 Å². The Bertz CT molecular complexity index is 2120. The minimum absolute atomic E-state index is 0.00133. The molecule has 4 N–H and O–H groups in total. The number of hydrogen-bond acceptors (Lipinski definition) is 16. The van der Waals surface area contributed by atoms with Crippen LogP contribution < -0.4 is 0 Å². The minimum Gasteiger partial charge on any atom is -0.460 e. The number of piperidine rings is 1. The van der Waals surface area contributed by atoms with Gasteiger partial charge in [0.2, 0.25) is 5.78 Å². The molecule has 1 saturated carbocycles. The maximum atomic E-state index is 14.8. The number of methoxy groups -OCH3 is 3. The molecule has 0 aromatic carbocycles. The zero-order valence-corrected chi connectivity index (χ0v) is 44.8. The molecule has 412 valence electrons. The number of aliphatic hydroxyl groups excluding tert-OH is 3. The van der Waals surface area contributed by atoms with Gasteiger partial charge < -0.3 is 53.7 Å². The van der Waals surface area contributed by atoms with Crippen LogP contribution in [-0.2, 0) is 57.2 Å². The Morgan fingerprint density at radius 3 is 2.23 bits per heavy atom. The van der Waals surface area contributed by atoms with Gasteiger partial charge in [0.15, 0.2) is 5.78 Å². The number of rotatable bonds is 10. The number of carbonyl (C=O) groups is 6. The Labute approximate surface area is 437 Å². The summed E-state index contributed by atoms with van der Waals surface area (Å²) in [5.41, 5.74) is -1.42. The Morgan fingerprint density at radius 1 is 0.877 bits per heavy atom. The molecule has 0 radical (unpaired) electrons. The summed E-state index contributed by atoms with van der Waals surface area (Å²) in [7, 11) is 4.28. The number of amides is 1. The van der Waals surface area contributed by atoms with Crippen molar-refractivity contribution in [2.24, 2.45) is 40.9 Å². The van der Waals surface area contributed by atoms with Gasteiger partial charge in [0.25, 0.3) is 5.91 Å². The van der Waals surface area contributed by atoms with E-state index >= 15 is 0 Å². The SMILES string of the molecule is [2H]C([2H])([2H])C(CO)(CO)C(=O)O[C@@H]1CC[C@@H](C[C@@H](C)[C@@H]2CC(=O)[C@H](C)/C=C(\C)[C@@H](O)[C@@H](OC)C(=O)[C@H](C)C[C@H](C)/C=C/C=C/C=C(\C)[C@@H](OC)C[C@@H]3CC[C@@H](C)C(=O)C(O)(O3)C(=O)N3CCCC[C@H]3C(=O)O2)C[C@H]1OC. The number of fused-ring (bicyclic) bond motifs is 3. The number of Topliss-reactive ketones (excluding diaryl/α,β-unsaturated/α-hetero) is 3. The molecule has 3 fully saturated rings. The van der Waals surface area contributed by atoms with Crippen LogP contribution in [0.15, 0.2) is 47.6 Å². The van der Waals surface area contributed by atoms with E-state index in [1.54, 1.807) is 33.8 Å². The van der Waals surface area contributed by atoms with Crippen LogP contribution >= 0.6 is 0 Å². The average Bonchev–Trinajstić information content (AvgIpc) is 3.48. The van der Waals surface area contributed by atoms with Crippen molar-refractivity contribution in [3.05, 3.63) is 47.6 Å². The number of esters is 2. The lowest BCUT2D eigenvalue weighted by Crippen LogP contribution is -2.62. The molecule has 3 aliphatic heterocycles. The number of aliphatic hydroxyl groups is 4. The lowest BCUT2D eigenvalue weighted by Gasteiger charge is -2.40. The smallest absolute Gasteiger partial charge is 0.329 e. The molecule has 2 bridgehead atoms. The Morgan fingerprint density at radius 2 is 1.59 bits per heavy atom. The molecule has 0 aromatic heterocycles. The fourth-order valence-electron chi connectivity index (χ4n) is 10.7. The fourth-order valence-corrected chi connectivity index (χ4v) is 10.7. The molecule has 15 atom stereocenters. The van der Waals surface area contributed by atoms with Crippen LogP contribution in [0.5, 0.6) is 0 Å². The van der Waals surface area contributed by atoms with E-state index in [0.29, 0.717) is 56.9 Å². The molecule has 1 unspecified atom stereocenters. The largest absolute Gasteiger partial charge is 0.460 e. The first-order valence-electron chi connectivity index (χ1n) is 27.6. The zero-order chi connectivity index (χ0) is 56.9. The first kappa shape index (κ1) is 56.8. The second-order valence-corrected chi connectivity index (χ2v) is 21.3. The lowest BCUT2D eigenvalue weighted by atomic mass is 9.78. The van der Waals surface area contributed by atoms with Crippen LogP contribution in [0.4, 0.5) is 0 Å². The third-order valence-corrected chi connectivity index (χ3v) is 15.5. The van der Waals surface area contributed by atoms with E-state index in [2.05, 4.69) is 0 Å². The van der Waals surface area contributed by atoms with Crippen LogP contribution in [-0.4, -0.2) is 156 Å². The monoisotopic (exact) mass is 1030 g/mol. The van der Waals surface area contributed by atoms with Gasteiger partial charge >= 0.3 is 17.7 Å². The molecule has 1 amide bonds. The van der Waals surface area contributed by atoms with Gasteiger partial charge in [-0.1, -0.05) is 71.1 Å². The predicted molar refractivity (Wildman–Crippen MR) is 271 cm³/mol. The van der Waals surface area contributed by atoms with Gasteiger partial charge in [-0.2, -0.15) is 0 Å². The average molecular weight is 1030 g/mol. The van der Waals surface area contributed by atoms with Gasteiger partial charge in [-0.3, -0.25) is 24.0 Å². The van der Waals surface area contributed by atoms with Crippen molar-refractivity contribution >= 4 is 35.2 Å². The van der Waals surface area contributed by atoms with Crippen molar-refractivity contribution in [2.45, 2.75) is 187 Å². The van der Waals surface area contributed by atoms with Gasteiger partial charge in [-0.05, 0) is 114 Å². The number of allylic oxidation sites excluding steroid dienone is 6. The van der Waals surface area contributed by atoms with Crippen LogP contribution in [0.2, 0.25) is 0 Å². The van der Waals surface area contributed by atoms with Gasteiger partial charge in [0, 0.05) is 62.6 Å². The topological polar surface area (TPSA) is 242 Å². The summed E-state index contributed by atoms with van der Waals surface area (Å²) < 4.78 is 58.9. The standard InChI is InChI=1S/C56H87NO16/c1-33-17-13-12-14-18-34(2)45(68-9)29-41-22-20-35(3)51(63)56(67,73-41)53(65)57-24-16-15-19-42(57)52(64)71-46(30-43(60)36(4)26-39(7)49(62)50(70-11)48(61)38(6)25-33)37(5)27-40-21-23-44(47(28-40)69-10)72-54(66)55(8,31-58)32-59/h12-14,17-18,26,33,35-38,40-42,44-47,49-50,58-59,62,67H,15-16,19-25,27-32H2,1-11H3/b14-12+,17-13+,34-18+,39-26+/t33-,35-,36-,37-,38-,40+,41+,42+,44-,45+,46+,47-,49-,50+,56?/m1/s1/i8D3. The van der Waals surface area contributed by atoms with E-state index in [4.69, 9.17) is 32.5 Å². The highest BCUT2D eigenvalue weighted by molar-refractivity contribution is 6.09. The molecule has 3 heterocycles. The minimum atomic E-state index is -3.07. The first-order valence-corrected chi connectivity index (χ1v) is 26.1. The zero-order valence-electron chi connectivity index (χ0n) is 47.8. The molecular formula is C56H87NO16. The summed E-state index contributed by atoms with van der Waals surface area (Å²) in [5.74, 6) is -10.5. The molecule has 0 aromatic rings. The third-order valence-electron chi connectivity index (χ3n) is 15.5. The van der Waals surface area contributed by atoms with E-state index in [9.17, 15) is 49.2 Å². The molecule has 0 spiro atoms. The highest BCUT2D eigenvalue weighted by atomic mass is 16.6. The van der Waals surface area contributed by atoms with Crippen LogP contribution in [0.25, 0.3) is 0 Å². The van der Waals surface area contributed by atoms with E-state index in [-0.39, 0.29) is 55.6 Å². The first-order chi connectivity index (χ1) is 35.7. The summed E-state index contributed by atoms with van der Waals surface area (Å²) in [4.78, 5) is 86.1. The second-order valence-electron chi connectivity index (χ2n) is 21.3. The maximum Gasteiger partial charge on any atom is 0.329 e. The van der Waals surface area contributed by atoms with Gasteiger partial charge in [-0.25, -0.2) is 4.79 Å². The van der Waals surface area contributed by atoms with Gasteiger partial charge in [0.1, 0.15) is 41.7 Å². The third kappa shape index (κ3) is 16.0. The molecule has 4 rings (SSSR count). The summed E-state index contributed by atoms with van der Waals surface area (Å²) in [5, 5.41) is 43.7. The highest BCUT2D eigenvalue weighted by Gasteiger charge is 2.55. The Kier molecular flexibility index (Phi) is 22.0. The number of carbonyl (C=O) groups excluding carboxylic acids is 6. The van der Waals surface area contributed by atoms with E-state index < -0.39 is 127 Å². The quantitative estimate of drug-likeness (QED) is 0.116. The van der Waals surface area contributed by atoms with Crippen LogP contribution in [0, 0.1) is 40.9 Å². The molecular weight excluding hydrogens is 943 g/mol. The summed E-state index contributed by atoms with van der Waals surface area (Å²) in [6.07, 6.45) is 7.64. The molecule has 17 nitrogen and oxygen atoms in total. The lowest BCUT2D eigenvalue weighted by molar-refractivity contribution is -0.231.